The molecule has 0 radical (unpaired) electrons. The SMILES string of the molecule is CC(C)NS(=O)(=O)NC(C)(CN)C(C)C. The molecule has 92 valence electrons. The maximum Gasteiger partial charge on any atom is 0.277 e. The third kappa shape index (κ3) is 4.92. The summed E-state index contributed by atoms with van der Waals surface area (Å²) in [6.07, 6.45) is 0. The van der Waals surface area contributed by atoms with Crippen molar-refractivity contribution in [1.82, 2.24) is 9.44 Å². The quantitative estimate of drug-likeness (QED) is 0.616. The molecule has 0 aliphatic carbocycles. The van der Waals surface area contributed by atoms with E-state index in [1.165, 1.54) is 0 Å². The summed E-state index contributed by atoms with van der Waals surface area (Å²) in [6, 6.07) is -0.128. The van der Waals surface area contributed by atoms with Crippen LogP contribution in [0.15, 0.2) is 0 Å². The Balaban J connectivity index is 4.69. The van der Waals surface area contributed by atoms with Gasteiger partial charge in [0.25, 0.3) is 10.2 Å². The maximum absolute atomic E-state index is 11.6. The van der Waals surface area contributed by atoms with Crippen molar-refractivity contribution in [3.8, 4) is 0 Å². The average Bonchev–Trinajstić information content (AvgIpc) is 2.00. The molecule has 0 aliphatic heterocycles. The van der Waals surface area contributed by atoms with Gasteiger partial charge in [0.15, 0.2) is 0 Å². The van der Waals surface area contributed by atoms with Gasteiger partial charge in [-0.05, 0) is 26.7 Å². The van der Waals surface area contributed by atoms with Crippen molar-refractivity contribution >= 4 is 10.2 Å². The second-order valence-electron chi connectivity index (χ2n) is 4.65. The third-order valence-electron chi connectivity index (χ3n) is 2.46. The van der Waals surface area contributed by atoms with Crippen LogP contribution in [-0.4, -0.2) is 26.5 Å². The van der Waals surface area contributed by atoms with E-state index in [1.54, 1.807) is 20.8 Å². The minimum atomic E-state index is -3.48. The molecule has 0 aromatic carbocycles. The van der Waals surface area contributed by atoms with Gasteiger partial charge in [-0.15, -0.1) is 0 Å². The normalized spacial score (nSPS) is 17.1. The Morgan fingerprint density at radius 3 is 2.00 bits per heavy atom. The fraction of sp³-hybridized carbons (Fsp3) is 1.00. The molecule has 15 heavy (non-hydrogen) atoms. The molecule has 0 rings (SSSR count). The van der Waals surface area contributed by atoms with Crippen molar-refractivity contribution in [2.75, 3.05) is 6.54 Å². The van der Waals surface area contributed by atoms with E-state index < -0.39 is 15.7 Å². The molecule has 1 atom stereocenters. The zero-order valence-corrected chi connectivity index (χ0v) is 11.0. The largest absolute Gasteiger partial charge is 0.329 e. The molecule has 0 heterocycles. The fourth-order valence-electron chi connectivity index (χ4n) is 1.04. The zero-order chi connectivity index (χ0) is 12.3. The van der Waals surface area contributed by atoms with Gasteiger partial charge in [0.2, 0.25) is 0 Å². The van der Waals surface area contributed by atoms with E-state index in [0.717, 1.165) is 0 Å². The summed E-state index contributed by atoms with van der Waals surface area (Å²) in [5.74, 6) is 0.131. The number of nitrogens with one attached hydrogen (secondary N) is 2. The lowest BCUT2D eigenvalue weighted by Gasteiger charge is -2.33. The Labute approximate surface area is 93.0 Å². The Bertz CT molecular complexity index is 288. The zero-order valence-electron chi connectivity index (χ0n) is 10.2. The van der Waals surface area contributed by atoms with Gasteiger partial charge in [-0.1, -0.05) is 13.8 Å². The number of hydrogen-bond acceptors (Lipinski definition) is 3. The van der Waals surface area contributed by atoms with Crippen LogP contribution in [0.2, 0.25) is 0 Å². The fourth-order valence-corrected chi connectivity index (χ4v) is 2.65. The van der Waals surface area contributed by atoms with Crippen LogP contribution in [0.5, 0.6) is 0 Å². The molecule has 0 bridgehead atoms. The monoisotopic (exact) mass is 237 g/mol. The van der Waals surface area contributed by atoms with Crippen molar-refractivity contribution in [2.24, 2.45) is 11.7 Å². The van der Waals surface area contributed by atoms with Crippen LogP contribution in [0.1, 0.15) is 34.6 Å². The van der Waals surface area contributed by atoms with Crippen LogP contribution in [0.25, 0.3) is 0 Å². The summed E-state index contributed by atoms with van der Waals surface area (Å²) in [5.41, 5.74) is 4.98. The number of hydrogen-bond donors (Lipinski definition) is 3. The molecule has 0 saturated heterocycles. The van der Waals surface area contributed by atoms with E-state index in [1.807, 2.05) is 13.8 Å². The highest BCUT2D eigenvalue weighted by molar-refractivity contribution is 7.87. The highest BCUT2D eigenvalue weighted by atomic mass is 32.2. The summed E-state index contributed by atoms with van der Waals surface area (Å²) in [4.78, 5) is 0. The third-order valence-corrected chi connectivity index (χ3v) is 3.97. The van der Waals surface area contributed by atoms with Gasteiger partial charge in [0.1, 0.15) is 0 Å². The van der Waals surface area contributed by atoms with Gasteiger partial charge in [-0.25, -0.2) is 0 Å². The molecule has 0 spiro atoms. The first kappa shape index (κ1) is 14.8. The number of nitrogens with two attached hydrogens (primary N) is 1. The van der Waals surface area contributed by atoms with E-state index in [2.05, 4.69) is 9.44 Å². The molecule has 0 fully saturated rings. The molecule has 4 N–H and O–H groups in total. The lowest BCUT2D eigenvalue weighted by Crippen LogP contribution is -2.58. The predicted octanol–water partition coefficient (Wildman–Crippen LogP) is 0.192. The Morgan fingerprint density at radius 1 is 1.27 bits per heavy atom. The first-order valence-electron chi connectivity index (χ1n) is 5.14. The van der Waals surface area contributed by atoms with Crippen molar-refractivity contribution in [3.05, 3.63) is 0 Å². The second-order valence-corrected chi connectivity index (χ2v) is 6.10. The van der Waals surface area contributed by atoms with Crippen molar-refractivity contribution in [2.45, 2.75) is 46.2 Å². The van der Waals surface area contributed by atoms with Crippen molar-refractivity contribution in [3.63, 3.8) is 0 Å². The Hall–Kier alpha value is -0.170. The first-order chi connectivity index (χ1) is 6.63. The van der Waals surface area contributed by atoms with E-state index in [-0.39, 0.29) is 18.5 Å². The van der Waals surface area contributed by atoms with E-state index in [9.17, 15) is 8.42 Å². The Kier molecular flexibility index (Phi) is 5.19. The van der Waals surface area contributed by atoms with Crippen LogP contribution in [0.3, 0.4) is 0 Å². The van der Waals surface area contributed by atoms with Crippen LogP contribution < -0.4 is 15.2 Å². The van der Waals surface area contributed by atoms with Gasteiger partial charge < -0.3 is 5.73 Å². The molecule has 0 saturated carbocycles. The molecule has 0 aromatic rings. The van der Waals surface area contributed by atoms with Crippen LogP contribution >= 0.6 is 0 Å². The lowest BCUT2D eigenvalue weighted by molar-refractivity contribution is 0.313. The minimum Gasteiger partial charge on any atom is -0.329 e. The molecule has 5 nitrogen and oxygen atoms in total. The minimum absolute atomic E-state index is 0.128. The number of rotatable bonds is 6. The van der Waals surface area contributed by atoms with Gasteiger partial charge in [-0.2, -0.15) is 17.9 Å². The average molecular weight is 237 g/mol. The first-order valence-corrected chi connectivity index (χ1v) is 6.62. The molecular formula is C9H23N3O2S. The van der Waals surface area contributed by atoms with Gasteiger partial charge in [0.05, 0.1) is 0 Å². The highest BCUT2D eigenvalue weighted by Gasteiger charge is 2.31. The van der Waals surface area contributed by atoms with Crippen molar-refractivity contribution in [1.29, 1.82) is 0 Å². The Morgan fingerprint density at radius 2 is 1.73 bits per heavy atom. The molecule has 1 unspecified atom stereocenters. The summed E-state index contributed by atoms with van der Waals surface area (Å²) >= 11 is 0. The van der Waals surface area contributed by atoms with E-state index in [4.69, 9.17) is 5.73 Å². The predicted molar refractivity (Wildman–Crippen MR) is 62.6 cm³/mol. The summed E-state index contributed by atoms with van der Waals surface area (Å²) < 4.78 is 28.3. The maximum atomic E-state index is 11.6. The van der Waals surface area contributed by atoms with Crippen LogP contribution in [0, 0.1) is 5.92 Å². The van der Waals surface area contributed by atoms with E-state index in [0.29, 0.717) is 0 Å². The van der Waals surface area contributed by atoms with Crippen LogP contribution in [-0.2, 0) is 10.2 Å². The molecular weight excluding hydrogens is 214 g/mol. The molecule has 0 aromatic heterocycles. The molecule has 0 amide bonds. The molecule has 6 heteroatoms. The summed E-state index contributed by atoms with van der Waals surface area (Å²) in [7, 11) is -3.48. The lowest BCUT2D eigenvalue weighted by atomic mass is 9.90. The summed E-state index contributed by atoms with van der Waals surface area (Å²) in [6.45, 7) is 9.49. The second kappa shape index (κ2) is 5.25. The molecule has 0 aliphatic rings. The van der Waals surface area contributed by atoms with Gasteiger partial charge in [0, 0.05) is 18.1 Å². The topological polar surface area (TPSA) is 84.2 Å². The smallest absolute Gasteiger partial charge is 0.277 e. The van der Waals surface area contributed by atoms with Crippen LogP contribution in [0.4, 0.5) is 0 Å². The van der Waals surface area contributed by atoms with E-state index >= 15 is 0 Å². The summed E-state index contributed by atoms with van der Waals surface area (Å²) in [5, 5.41) is 0. The standard InChI is InChI=1S/C9H23N3O2S/c1-7(2)9(5,6-10)12-15(13,14)11-8(3)4/h7-8,11-12H,6,10H2,1-5H3. The van der Waals surface area contributed by atoms with Gasteiger partial charge >= 0.3 is 0 Å². The van der Waals surface area contributed by atoms with Crippen molar-refractivity contribution < 1.29 is 8.42 Å². The van der Waals surface area contributed by atoms with Gasteiger partial charge in [-0.3, -0.25) is 0 Å². The highest BCUT2D eigenvalue weighted by Crippen LogP contribution is 2.15.